The van der Waals surface area contributed by atoms with E-state index in [4.69, 9.17) is 0 Å². The minimum absolute atomic E-state index is 0.307. The Labute approximate surface area is 69.6 Å². The number of hydrogen-bond donors (Lipinski definition) is 0. The summed E-state index contributed by atoms with van der Waals surface area (Å²) in [4.78, 5) is 12.7. The molecule has 2 nitrogen and oxygen atoms in total. The van der Waals surface area contributed by atoms with Gasteiger partial charge >= 0.3 is 0 Å². The van der Waals surface area contributed by atoms with Crippen LogP contribution < -0.4 is 0 Å². The number of nitrogens with zero attached hydrogens (tertiary/aromatic N) is 1. The van der Waals surface area contributed by atoms with Crippen LogP contribution in [0.15, 0.2) is 0 Å². The van der Waals surface area contributed by atoms with Crippen LogP contribution in [-0.2, 0) is 4.79 Å². The summed E-state index contributed by atoms with van der Waals surface area (Å²) in [5, 5.41) is 0. The summed E-state index contributed by atoms with van der Waals surface area (Å²) in [5.41, 5.74) is 0. The summed E-state index contributed by atoms with van der Waals surface area (Å²) >= 11 is 0. The maximum absolute atomic E-state index is 10.9. The Hall–Kier alpha value is -0.530. The lowest BCUT2D eigenvalue weighted by atomic mass is 10.1. The highest BCUT2D eigenvalue weighted by Gasteiger charge is 2.24. The second-order valence-electron chi connectivity index (χ2n) is 2.75. The maximum Gasteiger partial charge on any atom is 0.222 e. The lowest BCUT2D eigenvalue weighted by Gasteiger charge is -2.06. The highest BCUT2D eigenvalue weighted by molar-refractivity contribution is 5.78. The standard InChI is InChI=1S/C7H13NO.C2H6/c1-3-6-4-7(9)8(2)5-6;1-2/h6H,3-5H2,1-2H3;1-2H3. The van der Waals surface area contributed by atoms with E-state index >= 15 is 0 Å². The largest absolute Gasteiger partial charge is 0.345 e. The van der Waals surface area contributed by atoms with Gasteiger partial charge in [0.15, 0.2) is 0 Å². The topological polar surface area (TPSA) is 20.3 Å². The van der Waals surface area contributed by atoms with E-state index in [9.17, 15) is 4.79 Å². The summed E-state index contributed by atoms with van der Waals surface area (Å²) in [7, 11) is 1.87. The van der Waals surface area contributed by atoms with Crippen molar-refractivity contribution < 1.29 is 4.79 Å². The molecule has 0 aliphatic carbocycles. The number of likely N-dealkylation sites (tertiary alicyclic amines) is 1. The quantitative estimate of drug-likeness (QED) is 0.569. The zero-order valence-corrected chi connectivity index (χ0v) is 8.05. The molecule has 1 heterocycles. The molecule has 0 radical (unpaired) electrons. The van der Waals surface area contributed by atoms with Crippen molar-refractivity contribution in [1.29, 1.82) is 0 Å². The van der Waals surface area contributed by atoms with E-state index in [-0.39, 0.29) is 0 Å². The number of carbonyl (C=O) groups excluding carboxylic acids is 1. The Morgan fingerprint density at radius 1 is 1.55 bits per heavy atom. The highest BCUT2D eigenvalue weighted by atomic mass is 16.2. The Balaban J connectivity index is 0.000000461. The average Bonchev–Trinajstić information content (AvgIpc) is 2.36. The normalized spacial score (nSPS) is 23.1. The first-order chi connectivity index (χ1) is 5.24. The van der Waals surface area contributed by atoms with Crippen LogP contribution in [-0.4, -0.2) is 24.4 Å². The molecule has 1 saturated heterocycles. The van der Waals surface area contributed by atoms with E-state index in [0.717, 1.165) is 19.4 Å². The summed E-state index contributed by atoms with van der Waals surface area (Å²) in [6, 6.07) is 0. The second kappa shape index (κ2) is 5.16. The van der Waals surface area contributed by atoms with Gasteiger partial charge in [0.25, 0.3) is 0 Å². The van der Waals surface area contributed by atoms with Crippen LogP contribution in [0.5, 0.6) is 0 Å². The van der Waals surface area contributed by atoms with E-state index in [0.29, 0.717) is 11.8 Å². The van der Waals surface area contributed by atoms with E-state index in [1.807, 2.05) is 25.8 Å². The van der Waals surface area contributed by atoms with Crippen LogP contribution in [0.1, 0.15) is 33.6 Å². The molecule has 0 bridgehead atoms. The van der Waals surface area contributed by atoms with Crippen molar-refractivity contribution in [2.75, 3.05) is 13.6 Å². The van der Waals surface area contributed by atoms with Crippen molar-refractivity contribution >= 4 is 5.91 Å². The molecule has 0 N–H and O–H groups in total. The van der Waals surface area contributed by atoms with Crippen molar-refractivity contribution in [3.05, 3.63) is 0 Å². The SMILES string of the molecule is CC.CCC1CC(=O)N(C)C1. The highest BCUT2D eigenvalue weighted by Crippen LogP contribution is 2.17. The molecule has 1 atom stereocenters. The average molecular weight is 157 g/mol. The lowest BCUT2D eigenvalue weighted by molar-refractivity contribution is -0.126. The molecular weight excluding hydrogens is 138 g/mol. The molecule has 1 aliphatic rings. The Morgan fingerprint density at radius 2 is 2.09 bits per heavy atom. The van der Waals surface area contributed by atoms with Crippen LogP contribution in [0.25, 0.3) is 0 Å². The maximum atomic E-state index is 10.9. The molecule has 2 heteroatoms. The number of carbonyl (C=O) groups is 1. The van der Waals surface area contributed by atoms with Crippen molar-refractivity contribution in [2.24, 2.45) is 5.92 Å². The third-order valence-corrected chi connectivity index (χ3v) is 2.00. The van der Waals surface area contributed by atoms with Crippen LogP contribution in [0.4, 0.5) is 0 Å². The monoisotopic (exact) mass is 157 g/mol. The Morgan fingerprint density at radius 3 is 2.27 bits per heavy atom. The van der Waals surface area contributed by atoms with Crippen LogP contribution >= 0.6 is 0 Å². The van der Waals surface area contributed by atoms with Gasteiger partial charge < -0.3 is 4.90 Å². The predicted octanol–water partition coefficient (Wildman–Crippen LogP) is 1.90. The lowest BCUT2D eigenvalue weighted by Crippen LogP contribution is -2.18. The van der Waals surface area contributed by atoms with Gasteiger partial charge in [0, 0.05) is 20.0 Å². The molecule has 0 saturated carbocycles. The fourth-order valence-corrected chi connectivity index (χ4v) is 1.23. The molecule has 1 aliphatic heterocycles. The minimum atomic E-state index is 0.307. The van der Waals surface area contributed by atoms with Gasteiger partial charge in [-0.15, -0.1) is 0 Å². The molecule has 11 heavy (non-hydrogen) atoms. The van der Waals surface area contributed by atoms with E-state index in [2.05, 4.69) is 6.92 Å². The summed E-state index contributed by atoms with van der Waals surface area (Å²) in [6.45, 7) is 7.10. The van der Waals surface area contributed by atoms with Gasteiger partial charge in [0.2, 0.25) is 5.91 Å². The van der Waals surface area contributed by atoms with Gasteiger partial charge in [0.05, 0.1) is 0 Å². The van der Waals surface area contributed by atoms with E-state index in [1.165, 1.54) is 0 Å². The van der Waals surface area contributed by atoms with Crippen LogP contribution in [0.3, 0.4) is 0 Å². The molecule has 0 aromatic heterocycles. The van der Waals surface area contributed by atoms with Crippen molar-refractivity contribution in [1.82, 2.24) is 4.90 Å². The fraction of sp³-hybridized carbons (Fsp3) is 0.889. The molecule has 66 valence electrons. The molecule has 0 aromatic rings. The number of hydrogen-bond acceptors (Lipinski definition) is 1. The Bertz CT molecular complexity index is 123. The smallest absolute Gasteiger partial charge is 0.222 e. The van der Waals surface area contributed by atoms with Gasteiger partial charge in [-0.2, -0.15) is 0 Å². The van der Waals surface area contributed by atoms with Gasteiger partial charge in [0.1, 0.15) is 0 Å². The first-order valence-electron chi connectivity index (χ1n) is 4.48. The van der Waals surface area contributed by atoms with Crippen molar-refractivity contribution in [3.8, 4) is 0 Å². The van der Waals surface area contributed by atoms with Gasteiger partial charge in [-0.25, -0.2) is 0 Å². The molecular formula is C9H19NO. The van der Waals surface area contributed by atoms with Crippen molar-refractivity contribution in [2.45, 2.75) is 33.6 Å². The minimum Gasteiger partial charge on any atom is -0.345 e. The zero-order chi connectivity index (χ0) is 8.85. The van der Waals surface area contributed by atoms with Gasteiger partial charge in [-0.05, 0) is 5.92 Å². The van der Waals surface area contributed by atoms with Crippen LogP contribution in [0, 0.1) is 5.92 Å². The van der Waals surface area contributed by atoms with Crippen molar-refractivity contribution in [3.63, 3.8) is 0 Å². The summed E-state index contributed by atoms with van der Waals surface area (Å²) in [6.07, 6.45) is 1.91. The van der Waals surface area contributed by atoms with Gasteiger partial charge in [-0.1, -0.05) is 27.2 Å². The summed E-state index contributed by atoms with van der Waals surface area (Å²) < 4.78 is 0. The molecule has 1 amide bonds. The predicted molar refractivity (Wildman–Crippen MR) is 47.4 cm³/mol. The number of amides is 1. The number of rotatable bonds is 1. The van der Waals surface area contributed by atoms with Crippen LogP contribution in [0.2, 0.25) is 0 Å². The van der Waals surface area contributed by atoms with E-state index < -0.39 is 0 Å². The molecule has 1 unspecified atom stereocenters. The molecule has 1 rings (SSSR count). The third kappa shape index (κ3) is 2.91. The summed E-state index contributed by atoms with van der Waals surface area (Å²) in [5.74, 6) is 0.935. The first-order valence-corrected chi connectivity index (χ1v) is 4.48. The Kier molecular flexibility index (Phi) is 4.92. The van der Waals surface area contributed by atoms with Gasteiger partial charge in [-0.3, -0.25) is 4.79 Å². The van der Waals surface area contributed by atoms with E-state index in [1.54, 1.807) is 0 Å². The molecule has 1 fully saturated rings. The third-order valence-electron chi connectivity index (χ3n) is 2.00. The molecule has 0 spiro atoms. The molecule has 0 aromatic carbocycles. The fourth-order valence-electron chi connectivity index (χ4n) is 1.23. The first kappa shape index (κ1) is 10.5. The second-order valence-corrected chi connectivity index (χ2v) is 2.75. The zero-order valence-electron chi connectivity index (χ0n) is 8.05.